The van der Waals surface area contributed by atoms with Crippen LogP contribution in [0.2, 0.25) is 0 Å². The zero-order chi connectivity index (χ0) is 35.5. The Kier molecular flexibility index (Phi) is 8.79. The third-order valence-corrected chi connectivity index (χ3v) is 16.8. The quantitative estimate of drug-likeness (QED) is 0.298. The van der Waals surface area contributed by atoms with Gasteiger partial charge in [-0.3, -0.25) is 4.90 Å². The molecule has 0 radical (unpaired) electrons. The normalized spacial score (nSPS) is 48.8. The van der Waals surface area contributed by atoms with Gasteiger partial charge in [-0.2, -0.15) is 0 Å². The molecule has 5 aliphatic carbocycles. The zero-order valence-corrected chi connectivity index (χ0v) is 32.3. The van der Waals surface area contributed by atoms with E-state index in [4.69, 9.17) is 18.9 Å². The molecule has 7 nitrogen and oxygen atoms in total. The van der Waals surface area contributed by atoms with Gasteiger partial charge in [-0.15, -0.1) is 0 Å². The molecule has 1 aromatic carbocycles. The second-order valence-corrected chi connectivity index (χ2v) is 19.7. The first-order chi connectivity index (χ1) is 23.6. The van der Waals surface area contributed by atoms with Crippen LogP contribution in [0.1, 0.15) is 112 Å². The predicted molar refractivity (Wildman–Crippen MR) is 194 cm³/mol. The SMILES string of the molecule is CCOC(C1C[C@@H](C)[C@H]2C(O1)[C@H](O)[C@@]1(C)C3CC[C@H]4C(C)(C)C(OC5CN(Cc6ccccc6)CCO5)CCC45CC35CCC21C)C(C)(C)O. The Bertz CT molecular complexity index is 1400. The third kappa shape index (κ3) is 5.06. The summed E-state index contributed by atoms with van der Waals surface area (Å²) >= 11 is 0. The molecule has 2 saturated heterocycles. The highest BCUT2D eigenvalue weighted by Crippen LogP contribution is 2.89. The van der Waals surface area contributed by atoms with E-state index in [0.717, 1.165) is 39.1 Å². The van der Waals surface area contributed by atoms with Gasteiger partial charge in [0.25, 0.3) is 0 Å². The monoisotopic (exact) mass is 693 g/mol. The van der Waals surface area contributed by atoms with E-state index < -0.39 is 17.8 Å². The number of fused-ring (bicyclic) bond motifs is 4. The molecular formula is C43H67NO6. The van der Waals surface area contributed by atoms with Gasteiger partial charge in [0.15, 0.2) is 6.29 Å². The van der Waals surface area contributed by atoms with E-state index in [-0.39, 0.29) is 40.8 Å². The van der Waals surface area contributed by atoms with Gasteiger partial charge >= 0.3 is 0 Å². The maximum absolute atomic E-state index is 12.6. The maximum Gasteiger partial charge on any atom is 0.170 e. The first kappa shape index (κ1) is 35.9. The van der Waals surface area contributed by atoms with Gasteiger partial charge in [0, 0.05) is 31.7 Å². The van der Waals surface area contributed by atoms with Gasteiger partial charge in [0.2, 0.25) is 0 Å². The predicted octanol–water partition coefficient (Wildman–Crippen LogP) is 7.22. The van der Waals surface area contributed by atoms with Crippen LogP contribution in [0, 0.1) is 50.7 Å². The number of hydrogen-bond acceptors (Lipinski definition) is 7. The minimum atomic E-state index is -1.01. The molecular weight excluding hydrogens is 626 g/mol. The lowest BCUT2D eigenvalue weighted by Gasteiger charge is -2.64. The fraction of sp³-hybridized carbons (Fsp3) is 0.860. The average Bonchev–Trinajstić information content (AvgIpc) is 3.70. The van der Waals surface area contributed by atoms with Crippen LogP contribution in [0.25, 0.3) is 0 Å². The van der Waals surface area contributed by atoms with Crippen molar-refractivity contribution in [2.24, 2.45) is 50.7 Å². The molecule has 1 aromatic rings. The van der Waals surface area contributed by atoms with Crippen molar-refractivity contribution in [2.45, 2.75) is 156 Å². The van der Waals surface area contributed by atoms with Gasteiger partial charge in [0.05, 0.1) is 36.6 Å². The summed E-state index contributed by atoms with van der Waals surface area (Å²) in [5.41, 5.74) is 0.862. The van der Waals surface area contributed by atoms with Crippen LogP contribution in [0.4, 0.5) is 0 Å². The van der Waals surface area contributed by atoms with E-state index in [0.29, 0.717) is 41.1 Å². The van der Waals surface area contributed by atoms with Gasteiger partial charge in [-0.05, 0) is 123 Å². The van der Waals surface area contributed by atoms with Crippen LogP contribution >= 0.6 is 0 Å². The van der Waals surface area contributed by atoms with Crippen LogP contribution in [0.5, 0.6) is 0 Å². The summed E-state index contributed by atoms with van der Waals surface area (Å²) in [5, 5.41) is 23.7. The maximum atomic E-state index is 12.6. The lowest BCUT2D eigenvalue weighted by atomic mass is 9.41. The molecule has 0 bridgehead atoms. The topological polar surface area (TPSA) is 80.6 Å². The Morgan fingerprint density at radius 3 is 2.44 bits per heavy atom. The zero-order valence-electron chi connectivity index (χ0n) is 32.3. The summed E-state index contributed by atoms with van der Waals surface area (Å²) in [6.07, 6.45) is 7.98. The molecule has 14 atom stereocenters. The van der Waals surface area contributed by atoms with Crippen LogP contribution in [-0.2, 0) is 25.5 Å². The van der Waals surface area contributed by atoms with Crippen molar-refractivity contribution in [1.29, 1.82) is 0 Å². The lowest BCUT2D eigenvalue weighted by Crippen LogP contribution is -2.60. The largest absolute Gasteiger partial charge is 0.390 e. The van der Waals surface area contributed by atoms with Gasteiger partial charge in [0.1, 0.15) is 6.10 Å². The van der Waals surface area contributed by atoms with Gasteiger partial charge in [-0.25, -0.2) is 0 Å². The van der Waals surface area contributed by atoms with Gasteiger partial charge < -0.3 is 29.2 Å². The molecule has 2 aliphatic heterocycles. The van der Waals surface area contributed by atoms with Crippen LogP contribution < -0.4 is 0 Å². The molecule has 5 saturated carbocycles. The smallest absolute Gasteiger partial charge is 0.170 e. The number of ether oxygens (including phenoxy) is 4. The Morgan fingerprint density at radius 1 is 1.00 bits per heavy atom. The summed E-state index contributed by atoms with van der Waals surface area (Å²) in [6.45, 7) is 22.0. The van der Waals surface area contributed by atoms with Crippen LogP contribution in [0.15, 0.2) is 30.3 Å². The summed E-state index contributed by atoms with van der Waals surface area (Å²) in [4.78, 5) is 2.49. The summed E-state index contributed by atoms with van der Waals surface area (Å²) in [5.74, 6) is 1.82. The Balaban J connectivity index is 1.00. The molecule has 7 aliphatic rings. The van der Waals surface area contributed by atoms with E-state index in [1.54, 1.807) is 0 Å². The number of aliphatic hydroxyl groups excluding tert-OH is 1. The van der Waals surface area contributed by atoms with Crippen LogP contribution in [-0.4, -0.2) is 83.8 Å². The number of rotatable bonds is 8. The molecule has 9 unspecified atom stereocenters. The number of morpholine rings is 1. The Hall–Kier alpha value is -1.06. The number of nitrogens with zero attached hydrogens (tertiary/aromatic N) is 1. The summed E-state index contributed by atoms with van der Waals surface area (Å²) < 4.78 is 26.4. The molecule has 0 aromatic heterocycles. The number of aliphatic hydroxyl groups is 2. The number of hydrogen-bond donors (Lipinski definition) is 2. The number of benzene rings is 1. The molecule has 2 spiro atoms. The molecule has 2 heterocycles. The van der Waals surface area contributed by atoms with Crippen molar-refractivity contribution >= 4 is 0 Å². The third-order valence-electron chi connectivity index (χ3n) is 16.8. The van der Waals surface area contributed by atoms with E-state index in [2.05, 4.69) is 69.9 Å². The van der Waals surface area contributed by atoms with E-state index in [1.807, 2.05) is 20.8 Å². The minimum Gasteiger partial charge on any atom is -0.390 e. The van der Waals surface area contributed by atoms with Crippen molar-refractivity contribution in [2.75, 3.05) is 26.3 Å². The van der Waals surface area contributed by atoms with Crippen molar-refractivity contribution in [3.05, 3.63) is 35.9 Å². The van der Waals surface area contributed by atoms with Crippen molar-refractivity contribution in [1.82, 2.24) is 4.90 Å². The molecule has 280 valence electrons. The molecule has 50 heavy (non-hydrogen) atoms. The van der Waals surface area contributed by atoms with E-state index >= 15 is 0 Å². The van der Waals surface area contributed by atoms with Gasteiger partial charge in [-0.1, -0.05) is 65.0 Å². The highest BCUT2D eigenvalue weighted by molar-refractivity contribution is 5.33. The van der Waals surface area contributed by atoms with Crippen molar-refractivity contribution < 1.29 is 29.2 Å². The second kappa shape index (κ2) is 12.2. The minimum absolute atomic E-state index is 0.0175. The highest BCUT2D eigenvalue weighted by Gasteiger charge is 2.84. The summed E-state index contributed by atoms with van der Waals surface area (Å²) in [6, 6.07) is 10.8. The Labute approximate surface area is 302 Å². The van der Waals surface area contributed by atoms with E-state index in [1.165, 1.54) is 44.1 Å². The molecule has 7 heteroatoms. The molecule has 2 N–H and O–H groups in total. The molecule has 7 fully saturated rings. The van der Waals surface area contributed by atoms with Crippen molar-refractivity contribution in [3.63, 3.8) is 0 Å². The Morgan fingerprint density at radius 2 is 1.72 bits per heavy atom. The lowest BCUT2D eigenvalue weighted by molar-refractivity contribution is -0.249. The standard InChI is InChI=1S/C43H67NO6/c1-9-47-37(39(5,6)46)29-23-27(2)34-35(49-29)36(45)41(8)31-16-15-30-38(3,4)32(17-18-42(30)26-43(31,42)20-19-40(34,41)7)50-33-25-44(21-22-48-33)24-28-13-11-10-12-14-28/h10-14,27,29-37,45-46H,9,15-26H2,1-8H3/t27-,29?,30+,31?,32?,33?,34+,35?,36+,37?,40?,41-,42?,43?/m1/s1. The first-order valence-corrected chi connectivity index (χ1v) is 20.3. The van der Waals surface area contributed by atoms with Crippen LogP contribution in [0.3, 0.4) is 0 Å². The average molecular weight is 694 g/mol. The second-order valence-electron chi connectivity index (χ2n) is 19.7. The fourth-order valence-corrected chi connectivity index (χ4v) is 14.6. The van der Waals surface area contributed by atoms with E-state index in [9.17, 15) is 10.2 Å². The first-order valence-electron chi connectivity index (χ1n) is 20.3. The molecule has 8 rings (SSSR count). The highest BCUT2D eigenvalue weighted by atomic mass is 16.7. The fourth-order valence-electron chi connectivity index (χ4n) is 14.6. The van der Waals surface area contributed by atoms with Crippen molar-refractivity contribution in [3.8, 4) is 0 Å². The summed E-state index contributed by atoms with van der Waals surface area (Å²) in [7, 11) is 0. The molecule has 0 amide bonds.